The second-order valence-corrected chi connectivity index (χ2v) is 5.31. The molecule has 1 rings (SSSR count). The van der Waals surface area contributed by atoms with Crippen LogP contribution in [0.25, 0.3) is 0 Å². The predicted octanol–water partition coefficient (Wildman–Crippen LogP) is 2.79. The van der Waals surface area contributed by atoms with Crippen molar-refractivity contribution < 1.29 is 4.74 Å². The zero-order chi connectivity index (χ0) is 9.68. The van der Waals surface area contributed by atoms with E-state index in [0.29, 0.717) is 4.83 Å². The second kappa shape index (κ2) is 5.73. The summed E-state index contributed by atoms with van der Waals surface area (Å²) >= 11 is 5.26. The number of aromatic nitrogens is 1. The SMILES string of the molecule is COCC(Br)CCc1csc(C)n1. The summed E-state index contributed by atoms with van der Waals surface area (Å²) in [4.78, 5) is 4.84. The van der Waals surface area contributed by atoms with Gasteiger partial charge in [0.1, 0.15) is 0 Å². The fourth-order valence-electron chi connectivity index (χ4n) is 1.09. The molecule has 0 saturated heterocycles. The largest absolute Gasteiger partial charge is 0.384 e. The zero-order valence-electron chi connectivity index (χ0n) is 7.92. The van der Waals surface area contributed by atoms with E-state index >= 15 is 0 Å². The van der Waals surface area contributed by atoms with E-state index in [9.17, 15) is 0 Å². The van der Waals surface area contributed by atoms with Crippen LogP contribution in [0.3, 0.4) is 0 Å². The molecule has 0 spiro atoms. The molecule has 1 aromatic heterocycles. The maximum Gasteiger partial charge on any atom is 0.0897 e. The third-order valence-corrected chi connectivity index (χ3v) is 3.27. The highest BCUT2D eigenvalue weighted by Gasteiger charge is 2.05. The molecule has 0 amide bonds. The van der Waals surface area contributed by atoms with Crippen LogP contribution in [0.15, 0.2) is 5.38 Å². The van der Waals surface area contributed by atoms with Crippen molar-refractivity contribution in [3.05, 3.63) is 16.1 Å². The molecule has 4 heteroatoms. The van der Waals surface area contributed by atoms with Gasteiger partial charge in [0, 0.05) is 17.3 Å². The Hall–Kier alpha value is 0.0700. The summed E-state index contributed by atoms with van der Waals surface area (Å²) in [6, 6.07) is 0. The average molecular weight is 264 g/mol. The predicted molar refractivity (Wildman–Crippen MR) is 59.8 cm³/mol. The van der Waals surface area contributed by atoms with Gasteiger partial charge >= 0.3 is 0 Å². The third-order valence-electron chi connectivity index (χ3n) is 1.73. The monoisotopic (exact) mass is 263 g/mol. The molecule has 2 nitrogen and oxygen atoms in total. The number of aryl methyl sites for hydroxylation is 2. The van der Waals surface area contributed by atoms with Gasteiger partial charge in [-0.3, -0.25) is 0 Å². The third kappa shape index (κ3) is 4.20. The maximum atomic E-state index is 5.03. The van der Waals surface area contributed by atoms with Gasteiger partial charge in [-0.05, 0) is 19.8 Å². The first-order valence-corrected chi connectivity index (χ1v) is 6.06. The van der Waals surface area contributed by atoms with Crippen LogP contribution in [0.4, 0.5) is 0 Å². The summed E-state index contributed by atoms with van der Waals surface area (Å²) in [6.07, 6.45) is 2.11. The Morgan fingerprint density at radius 1 is 1.69 bits per heavy atom. The lowest BCUT2D eigenvalue weighted by Crippen LogP contribution is -2.07. The van der Waals surface area contributed by atoms with Gasteiger partial charge < -0.3 is 4.74 Å². The molecule has 0 N–H and O–H groups in total. The summed E-state index contributed by atoms with van der Waals surface area (Å²) in [5.74, 6) is 0. The highest BCUT2D eigenvalue weighted by Crippen LogP contribution is 2.13. The lowest BCUT2D eigenvalue weighted by atomic mass is 10.2. The van der Waals surface area contributed by atoms with Crippen LogP contribution in [0.2, 0.25) is 0 Å². The van der Waals surface area contributed by atoms with Crippen molar-refractivity contribution >= 4 is 27.3 Å². The van der Waals surface area contributed by atoms with Crippen LogP contribution in [0.1, 0.15) is 17.1 Å². The van der Waals surface area contributed by atoms with E-state index in [4.69, 9.17) is 4.74 Å². The highest BCUT2D eigenvalue weighted by molar-refractivity contribution is 9.09. The Bertz CT molecular complexity index is 252. The summed E-state index contributed by atoms with van der Waals surface area (Å²) in [7, 11) is 1.72. The van der Waals surface area contributed by atoms with Crippen LogP contribution in [0.5, 0.6) is 0 Å². The molecule has 13 heavy (non-hydrogen) atoms. The van der Waals surface area contributed by atoms with Crippen LogP contribution < -0.4 is 0 Å². The van der Waals surface area contributed by atoms with Gasteiger partial charge in [0.2, 0.25) is 0 Å². The zero-order valence-corrected chi connectivity index (χ0v) is 10.3. The molecule has 0 aliphatic heterocycles. The van der Waals surface area contributed by atoms with Crippen LogP contribution in [-0.2, 0) is 11.2 Å². The first kappa shape index (κ1) is 11.1. The van der Waals surface area contributed by atoms with E-state index < -0.39 is 0 Å². The first-order chi connectivity index (χ1) is 6.22. The van der Waals surface area contributed by atoms with E-state index in [2.05, 4.69) is 26.3 Å². The number of alkyl halides is 1. The van der Waals surface area contributed by atoms with Gasteiger partial charge in [-0.15, -0.1) is 11.3 Å². The maximum absolute atomic E-state index is 5.03. The molecule has 0 radical (unpaired) electrons. The molecule has 1 atom stereocenters. The van der Waals surface area contributed by atoms with Crippen molar-refractivity contribution in [1.29, 1.82) is 0 Å². The van der Waals surface area contributed by atoms with Crippen LogP contribution >= 0.6 is 27.3 Å². The average Bonchev–Trinajstić information content (AvgIpc) is 2.49. The smallest absolute Gasteiger partial charge is 0.0897 e. The van der Waals surface area contributed by atoms with Crippen molar-refractivity contribution in [3.8, 4) is 0 Å². The Morgan fingerprint density at radius 2 is 2.46 bits per heavy atom. The minimum Gasteiger partial charge on any atom is -0.384 e. The molecule has 0 aliphatic rings. The number of nitrogens with zero attached hydrogens (tertiary/aromatic N) is 1. The summed E-state index contributed by atoms with van der Waals surface area (Å²) in [5, 5.41) is 3.27. The molecule has 0 aliphatic carbocycles. The quantitative estimate of drug-likeness (QED) is 0.763. The molecule has 0 bridgehead atoms. The minimum atomic E-state index is 0.444. The normalized spacial score (nSPS) is 13.2. The molecule has 74 valence electrons. The molecular weight excluding hydrogens is 250 g/mol. The van der Waals surface area contributed by atoms with E-state index in [1.54, 1.807) is 18.4 Å². The van der Waals surface area contributed by atoms with Gasteiger partial charge in [0.05, 0.1) is 17.3 Å². The van der Waals surface area contributed by atoms with E-state index in [1.165, 1.54) is 5.69 Å². The Labute approximate surface area is 91.5 Å². The van der Waals surface area contributed by atoms with Crippen molar-refractivity contribution in [2.24, 2.45) is 0 Å². The molecule has 1 unspecified atom stereocenters. The fraction of sp³-hybridized carbons (Fsp3) is 0.667. The number of rotatable bonds is 5. The standard InChI is InChI=1S/C9H14BrNOS/c1-7-11-9(6-13-7)4-3-8(10)5-12-2/h6,8H,3-5H2,1-2H3. The Kier molecular flexibility index (Phi) is 4.91. The fourth-order valence-corrected chi connectivity index (χ4v) is 2.23. The number of hydrogen-bond acceptors (Lipinski definition) is 3. The Morgan fingerprint density at radius 3 is 3.00 bits per heavy atom. The highest BCUT2D eigenvalue weighted by atomic mass is 79.9. The molecule has 1 aromatic rings. The topological polar surface area (TPSA) is 22.1 Å². The lowest BCUT2D eigenvalue weighted by Gasteiger charge is -2.06. The number of thiazole rings is 1. The molecule has 0 aromatic carbocycles. The van der Waals surface area contributed by atoms with Crippen LogP contribution in [0, 0.1) is 6.92 Å². The number of methoxy groups -OCH3 is 1. The van der Waals surface area contributed by atoms with Gasteiger partial charge in [-0.1, -0.05) is 15.9 Å². The van der Waals surface area contributed by atoms with Crippen molar-refractivity contribution in [1.82, 2.24) is 4.98 Å². The lowest BCUT2D eigenvalue weighted by molar-refractivity contribution is 0.198. The molecular formula is C9H14BrNOS. The van der Waals surface area contributed by atoms with Gasteiger partial charge in [-0.2, -0.15) is 0 Å². The summed E-state index contributed by atoms with van der Waals surface area (Å²) < 4.78 is 5.03. The van der Waals surface area contributed by atoms with Crippen molar-refractivity contribution in [2.75, 3.05) is 13.7 Å². The molecule has 1 heterocycles. The summed E-state index contributed by atoms with van der Waals surface area (Å²) in [6.45, 7) is 2.80. The second-order valence-electron chi connectivity index (χ2n) is 2.95. The molecule has 0 saturated carbocycles. The number of ether oxygens (including phenoxy) is 1. The van der Waals surface area contributed by atoms with E-state index in [1.807, 2.05) is 6.92 Å². The van der Waals surface area contributed by atoms with Crippen LogP contribution in [-0.4, -0.2) is 23.5 Å². The number of halogens is 1. The van der Waals surface area contributed by atoms with E-state index in [0.717, 1.165) is 24.5 Å². The van der Waals surface area contributed by atoms with Crippen molar-refractivity contribution in [3.63, 3.8) is 0 Å². The van der Waals surface area contributed by atoms with E-state index in [-0.39, 0.29) is 0 Å². The van der Waals surface area contributed by atoms with Gasteiger partial charge in [0.15, 0.2) is 0 Å². The van der Waals surface area contributed by atoms with Gasteiger partial charge in [0.25, 0.3) is 0 Å². The van der Waals surface area contributed by atoms with Gasteiger partial charge in [-0.25, -0.2) is 4.98 Å². The summed E-state index contributed by atoms with van der Waals surface area (Å²) in [5.41, 5.74) is 1.20. The number of hydrogen-bond donors (Lipinski definition) is 0. The van der Waals surface area contributed by atoms with Crippen molar-refractivity contribution in [2.45, 2.75) is 24.6 Å². The Balaban J connectivity index is 2.26. The molecule has 0 fully saturated rings. The minimum absolute atomic E-state index is 0.444. The first-order valence-electron chi connectivity index (χ1n) is 4.26.